The summed E-state index contributed by atoms with van der Waals surface area (Å²) in [6.45, 7) is -0.150. The molecule has 8 heteroatoms. The zero-order valence-corrected chi connectivity index (χ0v) is 13.5. The van der Waals surface area contributed by atoms with Crippen LogP contribution in [0.15, 0.2) is 40.8 Å². The van der Waals surface area contributed by atoms with Gasteiger partial charge in [0.05, 0.1) is 14.2 Å². The highest BCUT2D eigenvalue weighted by atomic mass is 19.1. The van der Waals surface area contributed by atoms with Crippen molar-refractivity contribution in [2.24, 2.45) is 0 Å². The predicted octanol–water partition coefficient (Wildman–Crippen LogP) is 3.61. The zero-order chi connectivity index (χ0) is 17.8. The molecule has 0 spiro atoms. The van der Waals surface area contributed by atoms with Gasteiger partial charge in [0.25, 0.3) is 5.89 Å². The standard InChI is InChI=1S/C17H14F2N2O4/c1-22-14-5-3-10(7-15(14)23-2)17-21-20-16(25-17)9-24-13-6-4-11(18)8-12(13)19/h3-8H,9H2,1-2H3. The van der Waals surface area contributed by atoms with Crippen LogP contribution >= 0.6 is 0 Å². The summed E-state index contributed by atoms with van der Waals surface area (Å²) < 4.78 is 47.5. The molecule has 0 bridgehead atoms. The highest BCUT2D eigenvalue weighted by molar-refractivity contribution is 5.59. The molecule has 0 fully saturated rings. The van der Waals surface area contributed by atoms with E-state index in [1.165, 1.54) is 20.3 Å². The molecule has 0 aliphatic heterocycles. The molecule has 0 radical (unpaired) electrons. The maximum absolute atomic E-state index is 13.5. The first-order chi connectivity index (χ1) is 12.1. The average Bonchev–Trinajstić information content (AvgIpc) is 3.09. The van der Waals surface area contributed by atoms with E-state index in [-0.39, 0.29) is 24.1 Å². The molecular formula is C17H14F2N2O4. The third-order valence-corrected chi connectivity index (χ3v) is 3.34. The second-order valence-corrected chi connectivity index (χ2v) is 4.93. The Labute approximate surface area is 142 Å². The fourth-order valence-corrected chi connectivity index (χ4v) is 2.13. The second kappa shape index (κ2) is 7.16. The molecule has 3 aromatic rings. The molecule has 1 aromatic heterocycles. The Morgan fingerprint density at radius 2 is 1.68 bits per heavy atom. The zero-order valence-electron chi connectivity index (χ0n) is 13.5. The van der Waals surface area contributed by atoms with E-state index in [1.807, 2.05) is 0 Å². The molecule has 1 heterocycles. The van der Waals surface area contributed by atoms with Gasteiger partial charge in [0.2, 0.25) is 5.89 Å². The summed E-state index contributed by atoms with van der Waals surface area (Å²) in [5.74, 6) is -0.108. The van der Waals surface area contributed by atoms with Gasteiger partial charge in [0.15, 0.2) is 29.7 Å². The second-order valence-electron chi connectivity index (χ2n) is 4.93. The van der Waals surface area contributed by atoms with Crippen molar-refractivity contribution in [2.75, 3.05) is 14.2 Å². The highest BCUT2D eigenvalue weighted by Crippen LogP contribution is 2.31. The SMILES string of the molecule is COc1ccc(-c2nnc(COc3ccc(F)cc3F)o2)cc1OC. The van der Waals surface area contributed by atoms with E-state index < -0.39 is 11.6 Å². The van der Waals surface area contributed by atoms with E-state index in [0.29, 0.717) is 17.1 Å². The van der Waals surface area contributed by atoms with Crippen LogP contribution in [0.1, 0.15) is 5.89 Å². The van der Waals surface area contributed by atoms with Crippen LogP contribution in [-0.4, -0.2) is 24.4 Å². The van der Waals surface area contributed by atoms with Gasteiger partial charge in [-0.15, -0.1) is 10.2 Å². The quantitative estimate of drug-likeness (QED) is 0.678. The van der Waals surface area contributed by atoms with Gasteiger partial charge in [0.1, 0.15) is 5.82 Å². The Hall–Kier alpha value is -3.16. The van der Waals surface area contributed by atoms with Gasteiger partial charge in [-0.2, -0.15) is 0 Å². The molecular weight excluding hydrogens is 334 g/mol. The monoisotopic (exact) mass is 348 g/mol. The summed E-state index contributed by atoms with van der Waals surface area (Å²) in [7, 11) is 3.06. The van der Waals surface area contributed by atoms with Crippen molar-refractivity contribution < 1.29 is 27.4 Å². The lowest BCUT2D eigenvalue weighted by molar-refractivity contribution is 0.252. The van der Waals surface area contributed by atoms with Gasteiger partial charge >= 0.3 is 0 Å². The Morgan fingerprint density at radius 3 is 2.40 bits per heavy atom. The number of ether oxygens (including phenoxy) is 3. The molecule has 0 aliphatic rings. The third kappa shape index (κ3) is 3.68. The van der Waals surface area contributed by atoms with Crippen LogP contribution in [-0.2, 0) is 6.61 Å². The first-order valence-electron chi connectivity index (χ1n) is 7.23. The summed E-state index contributed by atoms with van der Waals surface area (Å²) >= 11 is 0. The number of aromatic nitrogens is 2. The van der Waals surface area contributed by atoms with Gasteiger partial charge in [-0.25, -0.2) is 8.78 Å². The number of halogens is 2. The van der Waals surface area contributed by atoms with Crippen molar-refractivity contribution >= 4 is 0 Å². The van der Waals surface area contributed by atoms with Crippen LogP contribution in [0.2, 0.25) is 0 Å². The van der Waals surface area contributed by atoms with E-state index in [0.717, 1.165) is 12.1 Å². The Balaban J connectivity index is 1.74. The van der Waals surface area contributed by atoms with E-state index in [9.17, 15) is 8.78 Å². The van der Waals surface area contributed by atoms with Crippen molar-refractivity contribution in [1.82, 2.24) is 10.2 Å². The number of hydrogen-bond acceptors (Lipinski definition) is 6. The number of benzene rings is 2. The van der Waals surface area contributed by atoms with Crippen LogP contribution in [0.3, 0.4) is 0 Å². The smallest absolute Gasteiger partial charge is 0.254 e. The molecule has 2 aromatic carbocycles. The lowest BCUT2D eigenvalue weighted by atomic mass is 10.2. The molecule has 0 aliphatic carbocycles. The lowest BCUT2D eigenvalue weighted by Gasteiger charge is -2.07. The Morgan fingerprint density at radius 1 is 0.920 bits per heavy atom. The summed E-state index contributed by atoms with van der Waals surface area (Å²) in [5.41, 5.74) is 0.629. The van der Waals surface area contributed by atoms with Gasteiger partial charge in [-0.1, -0.05) is 0 Å². The van der Waals surface area contributed by atoms with Gasteiger partial charge in [-0.3, -0.25) is 0 Å². The molecule has 130 valence electrons. The Kier molecular flexibility index (Phi) is 4.78. The molecule has 0 saturated carbocycles. The van der Waals surface area contributed by atoms with Crippen molar-refractivity contribution in [3.8, 4) is 28.7 Å². The van der Waals surface area contributed by atoms with Crippen LogP contribution in [0.4, 0.5) is 8.78 Å². The molecule has 0 N–H and O–H groups in total. The van der Waals surface area contributed by atoms with Crippen molar-refractivity contribution in [3.63, 3.8) is 0 Å². The average molecular weight is 348 g/mol. The van der Waals surface area contributed by atoms with E-state index in [4.69, 9.17) is 18.6 Å². The summed E-state index contributed by atoms with van der Waals surface area (Å²) in [5, 5.41) is 7.76. The van der Waals surface area contributed by atoms with Crippen LogP contribution in [0.5, 0.6) is 17.2 Å². The topological polar surface area (TPSA) is 66.6 Å². The summed E-state index contributed by atoms with van der Waals surface area (Å²) in [4.78, 5) is 0. The predicted molar refractivity (Wildman–Crippen MR) is 83.5 cm³/mol. The van der Waals surface area contributed by atoms with Crippen molar-refractivity contribution in [3.05, 3.63) is 53.9 Å². The summed E-state index contributed by atoms with van der Waals surface area (Å²) in [6, 6.07) is 8.16. The molecule has 6 nitrogen and oxygen atoms in total. The molecule has 3 rings (SSSR count). The van der Waals surface area contributed by atoms with E-state index >= 15 is 0 Å². The van der Waals surface area contributed by atoms with Crippen LogP contribution < -0.4 is 14.2 Å². The maximum Gasteiger partial charge on any atom is 0.254 e. The molecule has 0 saturated heterocycles. The minimum Gasteiger partial charge on any atom is -0.493 e. The maximum atomic E-state index is 13.5. The molecule has 0 atom stereocenters. The van der Waals surface area contributed by atoms with Crippen molar-refractivity contribution in [1.29, 1.82) is 0 Å². The number of hydrogen-bond donors (Lipinski definition) is 0. The third-order valence-electron chi connectivity index (χ3n) is 3.34. The highest BCUT2D eigenvalue weighted by Gasteiger charge is 2.13. The normalized spacial score (nSPS) is 10.6. The number of rotatable bonds is 6. The largest absolute Gasteiger partial charge is 0.493 e. The van der Waals surface area contributed by atoms with Gasteiger partial charge in [0, 0.05) is 11.6 Å². The molecule has 25 heavy (non-hydrogen) atoms. The first kappa shape index (κ1) is 16.7. The number of methoxy groups -OCH3 is 2. The van der Waals surface area contributed by atoms with E-state index in [1.54, 1.807) is 18.2 Å². The minimum atomic E-state index is -0.806. The first-order valence-corrected chi connectivity index (χ1v) is 7.23. The minimum absolute atomic E-state index is 0.104. The van der Waals surface area contributed by atoms with Crippen LogP contribution in [0.25, 0.3) is 11.5 Å². The van der Waals surface area contributed by atoms with Gasteiger partial charge < -0.3 is 18.6 Å². The fraction of sp³-hybridized carbons (Fsp3) is 0.176. The summed E-state index contributed by atoms with van der Waals surface area (Å²) in [6.07, 6.45) is 0. The van der Waals surface area contributed by atoms with Gasteiger partial charge in [-0.05, 0) is 30.3 Å². The molecule has 0 unspecified atom stereocenters. The Bertz CT molecular complexity index is 883. The lowest BCUT2D eigenvalue weighted by Crippen LogP contribution is -1.98. The van der Waals surface area contributed by atoms with Crippen LogP contribution in [0, 0.1) is 11.6 Å². The fourth-order valence-electron chi connectivity index (χ4n) is 2.13. The number of nitrogens with zero attached hydrogens (tertiary/aromatic N) is 2. The van der Waals surface area contributed by atoms with E-state index in [2.05, 4.69) is 10.2 Å². The molecule has 0 amide bonds. The van der Waals surface area contributed by atoms with Crippen molar-refractivity contribution in [2.45, 2.75) is 6.61 Å².